The first kappa shape index (κ1) is 19.8. The van der Waals surface area contributed by atoms with Crippen LogP contribution >= 0.6 is 0 Å². The highest BCUT2D eigenvalue weighted by atomic mass is 16.2. The highest BCUT2D eigenvalue weighted by Crippen LogP contribution is 2.31. The molecule has 0 aliphatic carbocycles. The quantitative estimate of drug-likeness (QED) is 0.713. The van der Waals surface area contributed by atoms with Gasteiger partial charge in [0.15, 0.2) is 5.78 Å². The Bertz CT molecular complexity index is 807. The van der Waals surface area contributed by atoms with Crippen molar-refractivity contribution < 1.29 is 9.59 Å². The Morgan fingerprint density at radius 1 is 0.759 bits per heavy atom. The lowest BCUT2D eigenvalue weighted by atomic mass is 9.87. The van der Waals surface area contributed by atoms with Crippen LogP contribution in [0.5, 0.6) is 0 Å². The van der Waals surface area contributed by atoms with Gasteiger partial charge in [0.1, 0.15) is 6.04 Å². The maximum atomic E-state index is 13.5. The number of nitrogens with zero attached hydrogens (tertiary/aromatic N) is 2. The van der Waals surface area contributed by atoms with Crippen LogP contribution in [0.3, 0.4) is 0 Å². The minimum absolute atomic E-state index is 0.0511. The van der Waals surface area contributed by atoms with E-state index in [1.165, 1.54) is 6.42 Å². The van der Waals surface area contributed by atoms with E-state index in [0.717, 1.165) is 63.0 Å². The van der Waals surface area contributed by atoms with Crippen LogP contribution in [0.2, 0.25) is 0 Å². The summed E-state index contributed by atoms with van der Waals surface area (Å²) in [6.07, 6.45) is 5.03. The monoisotopic (exact) mass is 390 g/mol. The second-order valence-corrected chi connectivity index (χ2v) is 8.24. The molecule has 4 heteroatoms. The fraction of sp³-hybridized carbons (Fsp3) is 0.440. The van der Waals surface area contributed by atoms with Crippen molar-refractivity contribution in [3.63, 3.8) is 0 Å². The van der Waals surface area contributed by atoms with Crippen LogP contribution in [0.1, 0.15) is 54.1 Å². The average molecular weight is 391 g/mol. The molecular formula is C25H30N2O2. The second-order valence-electron chi connectivity index (χ2n) is 8.24. The van der Waals surface area contributed by atoms with E-state index in [-0.39, 0.29) is 23.7 Å². The standard InChI is InChI=1S/C25H30N2O2/c28-24(21-12-6-2-7-13-21)22-14-18-26(19-15-22)23(20-10-4-1-5-11-20)25(29)27-16-8-3-9-17-27/h1-2,4-7,10-13,22-23H,3,8-9,14-19H2. The molecule has 0 bridgehead atoms. The van der Waals surface area contributed by atoms with Crippen molar-refractivity contribution in [2.75, 3.05) is 26.2 Å². The highest BCUT2D eigenvalue weighted by Gasteiger charge is 2.35. The van der Waals surface area contributed by atoms with Crippen molar-refractivity contribution in [1.29, 1.82) is 0 Å². The van der Waals surface area contributed by atoms with E-state index in [9.17, 15) is 9.59 Å². The summed E-state index contributed by atoms with van der Waals surface area (Å²) in [6.45, 7) is 3.29. The molecule has 2 aromatic rings. The summed E-state index contributed by atoms with van der Waals surface area (Å²) < 4.78 is 0. The lowest BCUT2D eigenvalue weighted by Gasteiger charge is -2.39. The zero-order chi connectivity index (χ0) is 20.1. The van der Waals surface area contributed by atoms with Crippen molar-refractivity contribution in [2.45, 2.75) is 38.1 Å². The van der Waals surface area contributed by atoms with Gasteiger partial charge in [-0.1, -0.05) is 60.7 Å². The van der Waals surface area contributed by atoms with E-state index >= 15 is 0 Å². The van der Waals surface area contributed by atoms with Gasteiger partial charge in [0, 0.05) is 24.6 Å². The number of piperidine rings is 2. The minimum atomic E-state index is -0.234. The molecule has 1 amide bonds. The molecule has 2 aliphatic rings. The van der Waals surface area contributed by atoms with Crippen LogP contribution in [-0.4, -0.2) is 47.7 Å². The number of likely N-dealkylation sites (tertiary alicyclic amines) is 2. The lowest BCUT2D eigenvalue weighted by molar-refractivity contribution is -0.138. The highest BCUT2D eigenvalue weighted by molar-refractivity contribution is 5.97. The number of benzene rings is 2. The summed E-state index contributed by atoms with van der Waals surface area (Å²) in [5.74, 6) is 0.516. The predicted octanol–water partition coefficient (Wildman–Crippen LogP) is 4.34. The zero-order valence-electron chi connectivity index (χ0n) is 17.0. The molecule has 0 saturated carbocycles. The van der Waals surface area contributed by atoms with E-state index in [1.807, 2.05) is 53.4 Å². The SMILES string of the molecule is O=C(c1ccccc1)C1CCN(C(C(=O)N2CCCCC2)c2ccccc2)CC1. The first-order valence-electron chi connectivity index (χ1n) is 10.9. The Balaban J connectivity index is 1.48. The van der Waals surface area contributed by atoms with Crippen molar-refractivity contribution >= 4 is 11.7 Å². The van der Waals surface area contributed by atoms with Crippen LogP contribution in [0.4, 0.5) is 0 Å². The smallest absolute Gasteiger partial charge is 0.244 e. The number of Topliss-reactive ketones (excluding diaryl/α,β-unsaturated/α-hetero) is 1. The summed E-state index contributed by atoms with van der Waals surface area (Å²) in [5.41, 5.74) is 1.87. The Morgan fingerprint density at radius 3 is 1.97 bits per heavy atom. The maximum Gasteiger partial charge on any atom is 0.244 e. The number of rotatable bonds is 5. The topological polar surface area (TPSA) is 40.6 Å². The Kier molecular flexibility index (Phi) is 6.40. The molecule has 2 fully saturated rings. The van der Waals surface area contributed by atoms with Gasteiger partial charge in [0.2, 0.25) is 5.91 Å². The summed E-state index contributed by atoms with van der Waals surface area (Å²) in [7, 11) is 0. The Morgan fingerprint density at radius 2 is 1.34 bits per heavy atom. The summed E-state index contributed by atoms with van der Waals surface area (Å²) in [6, 6.07) is 19.5. The molecule has 4 nitrogen and oxygen atoms in total. The van der Waals surface area contributed by atoms with Gasteiger partial charge in [-0.15, -0.1) is 0 Å². The van der Waals surface area contributed by atoms with Crippen molar-refractivity contribution in [1.82, 2.24) is 9.80 Å². The number of carbonyl (C=O) groups is 2. The number of hydrogen-bond donors (Lipinski definition) is 0. The van der Waals surface area contributed by atoms with Crippen LogP contribution in [0, 0.1) is 5.92 Å². The van der Waals surface area contributed by atoms with E-state index in [2.05, 4.69) is 17.0 Å². The molecule has 2 aliphatic heterocycles. The normalized spacial score (nSPS) is 19.7. The maximum absolute atomic E-state index is 13.5. The third-order valence-corrected chi connectivity index (χ3v) is 6.34. The van der Waals surface area contributed by atoms with Gasteiger partial charge in [-0.25, -0.2) is 0 Å². The molecule has 1 unspecified atom stereocenters. The number of amides is 1. The Hall–Kier alpha value is -2.46. The predicted molar refractivity (Wildman–Crippen MR) is 115 cm³/mol. The number of ketones is 1. The summed E-state index contributed by atoms with van der Waals surface area (Å²) in [5, 5.41) is 0. The minimum Gasteiger partial charge on any atom is -0.341 e. The molecule has 0 spiro atoms. The molecule has 2 saturated heterocycles. The third-order valence-electron chi connectivity index (χ3n) is 6.34. The van der Waals surface area contributed by atoms with Gasteiger partial charge in [-0.2, -0.15) is 0 Å². The largest absolute Gasteiger partial charge is 0.341 e. The van der Waals surface area contributed by atoms with E-state index in [4.69, 9.17) is 0 Å². The zero-order valence-corrected chi connectivity index (χ0v) is 17.0. The fourth-order valence-corrected chi connectivity index (χ4v) is 4.69. The molecule has 1 atom stereocenters. The number of hydrogen-bond acceptors (Lipinski definition) is 3. The van der Waals surface area contributed by atoms with E-state index < -0.39 is 0 Å². The molecule has 4 rings (SSSR count). The van der Waals surface area contributed by atoms with E-state index in [1.54, 1.807) is 0 Å². The molecule has 29 heavy (non-hydrogen) atoms. The molecule has 0 radical (unpaired) electrons. The lowest BCUT2D eigenvalue weighted by Crippen LogP contribution is -2.47. The molecule has 2 heterocycles. The molecule has 2 aromatic carbocycles. The van der Waals surface area contributed by atoms with Gasteiger partial charge in [0.05, 0.1) is 0 Å². The van der Waals surface area contributed by atoms with Gasteiger partial charge >= 0.3 is 0 Å². The van der Waals surface area contributed by atoms with Crippen LogP contribution in [0.25, 0.3) is 0 Å². The second kappa shape index (κ2) is 9.36. The van der Waals surface area contributed by atoms with Gasteiger partial charge in [-0.3, -0.25) is 14.5 Å². The molecule has 152 valence electrons. The van der Waals surface area contributed by atoms with Crippen LogP contribution in [-0.2, 0) is 4.79 Å². The van der Waals surface area contributed by atoms with Gasteiger partial charge in [-0.05, 0) is 50.8 Å². The van der Waals surface area contributed by atoms with Gasteiger partial charge < -0.3 is 4.90 Å². The first-order chi connectivity index (χ1) is 14.2. The van der Waals surface area contributed by atoms with Crippen LogP contribution in [0.15, 0.2) is 60.7 Å². The van der Waals surface area contributed by atoms with Crippen LogP contribution < -0.4 is 0 Å². The molecule has 0 aromatic heterocycles. The van der Waals surface area contributed by atoms with E-state index in [0.29, 0.717) is 0 Å². The van der Waals surface area contributed by atoms with Crippen molar-refractivity contribution in [3.8, 4) is 0 Å². The summed E-state index contributed by atoms with van der Waals surface area (Å²) >= 11 is 0. The van der Waals surface area contributed by atoms with Crippen molar-refractivity contribution in [2.24, 2.45) is 5.92 Å². The molecular weight excluding hydrogens is 360 g/mol. The Labute approximate surface area is 173 Å². The van der Waals surface area contributed by atoms with Crippen molar-refractivity contribution in [3.05, 3.63) is 71.8 Å². The number of carbonyl (C=O) groups excluding carboxylic acids is 2. The van der Waals surface area contributed by atoms with Gasteiger partial charge in [0.25, 0.3) is 0 Å². The summed E-state index contributed by atoms with van der Waals surface area (Å²) in [4.78, 5) is 30.6. The molecule has 0 N–H and O–H groups in total. The third kappa shape index (κ3) is 4.59. The first-order valence-corrected chi connectivity index (χ1v) is 10.9. The average Bonchev–Trinajstić information content (AvgIpc) is 2.81. The fourth-order valence-electron chi connectivity index (χ4n) is 4.69.